The number of halogens is 1. The number of amides is 3. The first kappa shape index (κ1) is 18.6. The summed E-state index contributed by atoms with van der Waals surface area (Å²) in [5, 5.41) is 7.99. The number of carbonyl (C=O) groups excluding carboxylic acids is 2. The van der Waals surface area contributed by atoms with Crippen LogP contribution in [0, 0.1) is 5.82 Å². The summed E-state index contributed by atoms with van der Waals surface area (Å²) in [4.78, 5) is 24.8. The number of carbonyl (C=O) groups is 2. The summed E-state index contributed by atoms with van der Waals surface area (Å²) in [6.45, 7) is 5.85. The zero-order valence-electron chi connectivity index (χ0n) is 15.5. The van der Waals surface area contributed by atoms with Crippen molar-refractivity contribution in [2.75, 3.05) is 5.32 Å². The van der Waals surface area contributed by atoms with Gasteiger partial charge in [0.05, 0.1) is 17.3 Å². The van der Waals surface area contributed by atoms with Crippen molar-refractivity contribution < 1.29 is 14.0 Å². The molecule has 0 fully saturated rings. The Morgan fingerprint density at radius 1 is 1.11 bits per heavy atom. The van der Waals surface area contributed by atoms with Gasteiger partial charge in [0.1, 0.15) is 5.82 Å². The van der Waals surface area contributed by atoms with Crippen LogP contribution in [0.25, 0.3) is 0 Å². The number of rotatable bonds is 4. The van der Waals surface area contributed by atoms with Gasteiger partial charge in [0.15, 0.2) is 0 Å². The fourth-order valence-corrected chi connectivity index (χ4v) is 3.07. The van der Waals surface area contributed by atoms with Crippen LogP contribution in [-0.4, -0.2) is 11.9 Å². The minimum absolute atomic E-state index is 0.0913. The Bertz CT molecular complexity index is 904. The van der Waals surface area contributed by atoms with Crippen molar-refractivity contribution in [3.05, 3.63) is 76.7 Å². The quantitative estimate of drug-likeness (QED) is 0.757. The molecule has 0 unspecified atom stereocenters. The smallest absolute Gasteiger partial charge is 0.319 e. The lowest BCUT2D eigenvalue weighted by atomic mass is 9.92. The van der Waals surface area contributed by atoms with E-state index in [1.165, 1.54) is 12.1 Å². The number of allylic oxidation sites excluding steroid dienone is 1. The SMILES string of the molecule is CC1=C(C(=O)Nc2ccccc2F)[C@@H](c2ccc(C(C)C)cc2)NC(=O)N1. The Labute approximate surface area is 157 Å². The molecule has 2 aromatic carbocycles. The minimum atomic E-state index is -0.619. The number of para-hydroxylation sites is 1. The summed E-state index contributed by atoms with van der Waals surface area (Å²) in [6, 6.07) is 12.7. The summed E-state index contributed by atoms with van der Waals surface area (Å²) in [6.07, 6.45) is 0. The van der Waals surface area contributed by atoms with Crippen molar-refractivity contribution in [3.8, 4) is 0 Å². The maximum atomic E-state index is 13.9. The summed E-state index contributed by atoms with van der Waals surface area (Å²) < 4.78 is 13.9. The van der Waals surface area contributed by atoms with Crippen molar-refractivity contribution in [2.24, 2.45) is 0 Å². The normalized spacial score (nSPS) is 16.8. The molecular formula is C21H22FN3O2. The second kappa shape index (κ2) is 7.61. The van der Waals surface area contributed by atoms with Gasteiger partial charge in [-0.15, -0.1) is 0 Å². The molecule has 1 aliphatic heterocycles. The van der Waals surface area contributed by atoms with E-state index in [2.05, 4.69) is 29.8 Å². The molecular weight excluding hydrogens is 345 g/mol. The Balaban J connectivity index is 1.94. The number of urea groups is 1. The second-order valence-electron chi connectivity index (χ2n) is 6.83. The van der Waals surface area contributed by atoms with Gasteiger partial charge in [0.25, 0.3) is 5.91 Å². The highest BCUT2D eigenvalue weighted by atomic mass is 19.1. The maximum absolute atomic E-state index is 13.9. The third-order valence-electron chi connectivity index (χ3n) is 4.57. The van der Waals surface area contributed by atoms with Crippen LogP contribution in [0.1, 0.15) is 43.9 Å². The first-order valence-corrected chi connectivity index (χ1v) is 8.81. The molecule has 0 aliphatic carbocycles. The van der Waals surface area contributed by atoms with Gasteiger partial charge in [0.2, 0.25) is 0 Å². The third-order valence-corrected chi connectivity index (χ3v) is 4.57. The molecule has 3 amide bonds. The van der Waals surface area contributed by atoms with Gasteiger partial charge in [-0.25, -0.2) is 9.18 Å². The molecule has 0 bridgehead atoms. The first-order chi connectivity index (χ1) is 12.9. The van der Waals surface area contributed by atoms with E-state index < -0.39 is 17.8 Å². The molecule has 0 saturated carbocycles. The van der Waals surface area contributed by atoms with Crippen molar-refractivity contribution in [2.45, 2.75) is 32.7 Å². The van der Waals surface area contributed by atoms with E-state index in [1.54, 1.807) is 19.1 Å². The van der Waals surface area contributed by atoms with Gasteiger partial charge in [-0.2, -0.15) is 0 Å². The average Bonchev–Trinajstić information content (AvgIpc) is 2.63. The van der Waals surface area contributed by atoms with Gasteiger partial charge in [-0.1, -0.05) is 50.2 Å². The van der Waals surface area contributed by atoms with Crippen LogP contribution >= 0.6 is 0 Å². The highest BCUT2D eigenvalue weighted by Crippen LogP contribution is 2.29. The third kappa shape index (κ3) is 4.00. The van der Waals surface area contributed by atoms with Crippen LogP contribution in [0.4, 0.5) is 14.9 Å². The lowest BCUT2D eigenvalue weighted by Gasteiger charge is -2.29. The van der Waals surface area contributed by atoms with Gasteiger partial charge in [-0.05, 0) is 36.1 Å². The Morgan fingerprint density at radius 3 is 2.41 bits per heavy atom. The van der Waals surface area contributed by atoms with E-state index in [0.29, 0.717) is 17.2 Å². The maximum Gasteiger partial charge on any atom is 0.319 e. The zero-order chi connectivity index (χ0) is 19.6. The lowest BCUT2D eigenvalue weighted by Crippen LogP contribution is -2.46. The highest BCUT2D eigenvalue weighted by molar-refractivity contribution is 6.06. The Morgan fingerprint density at radius 2 is 1.78 bits per heavy atom. The predicted octanol–water partition coefficient (Wildman–Crippen LogP) is 4.22. The van der Waals surface area contributed by atoms with Gasteiger partial charge < -0.3 is 16.0 Å². The van der Waals surface area contributed by atoms with E-state index in [-0.39, 0.29) is 11.7 Å². The fourth-order valence-electron chi connectivity index (χ4n) is 3.07. The van der Waals surface area contributed by atoms with Crippen LogP contribution in [0.15, 0.2) is 59.8 Å². The van der Waals surface area contributed by atoms with E-state index >= 15 is 0 Å². The summed E-state index contributed by atoms with van der Waals surface area (Å²) in [7, 11) is 0. The monoisotopic (exact) mass is 367 g/mol. The average molecular weight is 367 g/mol. The molecule has 1 atom stereocenters. The topological polar surface area (TPSA) is 70.2 Å². The molecule has 5 nitrogen and oxygen atoms in total. The van der Waals surface area contributed by atoms with Crippen molar-refractivity contribution in [3.63, 3.8) is 0 Å². The molecule has 1 heterocycles. The van der Waals surface area contributed by atoms with E-state index in [4.69, 9.17) is 0 Å². The second-order valence-corrected chi connectivity index (χ2v) is 6.83. The molecule has 27 heavy (non-hydrogen) atoms. The lowest BCUT2D eigenvalue weighted by molar-refractivity contribution is -0.113. The molecule has 0 radical (unpaired) electrons. The van der Waals surface area contributed by atoms with Crippen molar-refractivity contribution in [1.29, 1.82) is 0 Å². The predicted molar refractivity (Wildman–Crippen MR) is 103 cm³/mol. The first-order valence-electron chi connectivity index (χ1n) is 8.81. The number of nitrogens with one attached hydrogen (secondary N) is 3. The minimum Gasteiger partial charge on any atom is -0.327 e. The highest BCUT2D eigenvalue weighted by Gasteiger charge is 2.31. The van der Waals surface area contributed by atoms with Crippen LogP contribution in [0.5, 0.6) is 0 Å². The number of hydrogen-bond donors (Lipinski definition) is 3. The molecule has 0 saturated heterocycles. The van der Waals surface area contributed by atoms with Gasteiger partial charge >= 0.3 is 6.03 Å². The van der Waals surface area contributed by atoms with Gasteiger partial charge in [0, 0.05) is 5.70 Å². The zero-order valence-corrected chi connectivity index (χ0v) is 15.5. The summed E-state index contributed by atoms with van der Waals surface area (Å²) >= 11 is 0. The van der Waals surface area contributed by atoms with E-state index in [0.717, 1.165) is 11.1 Å². The molecule has 2 aromatic rings. The van der Waals surface area contributed by atoms with Crippen LogP contribution < -0.4 is 16.0 Å². The molecule has 0 aromatic heterocycles. The van der Waals surface area contributed by atoms with E-state index in [9.17, 15) is 14.0 Å². The Kier molecular flexibility index (Phi) is 5.26. The van der Waals surface area contributed by atoms with Crippen molar-refractivity contribution in [1.82, 2.24) is 10.6 Å². The standard InChI is InChI=1S/C21H22FN3O2/c1-12(2)14-8-10-15(11-9-14)19-18(13(3)23-21(27)25-19)20(26)24-17-7-5-4-6-16(17)22/h4-12,19H,1-3H3,(H,24,26)(H2,23,25,27)/t19-/m1/s1. The molecule has 3 rings (SSSR count). The number of anilines is 1. The van der Waals surface area contributed by atoms with Crippen molar-refractivity contribution >= 4 is 17.6 Å². The molecule has 6 heteroatoms. The largest absolute Gasteiger partial charge is 0.327 e. The molecule has 1 aliphatic rings. The number of hydrogen-bond acceptors (Lipinski definition) is 2. The van der Waals surface area contributed by atoms with Crippen LogP contribution in [-0.2, 0) is 4.79 Å². The number of benzene rings is 2. The van der Waals surface area contributed by atoms with Crippen LogP contribution in [0.2, 0.25) is 0 Å². The molecule has 0 spiro atoms. The Hall–Kier alpha value is -3.15. The fraction of sp³-hybridized carbons (Fsp3) is 0.238. The molecule has 3 N–H and O–H groups in total. The van der Waals surface area contributed by atoms with Crippen LogP contribution in [0.3, 0.4) is 0 Å². The summed E-state index contributed by atoms with van der Waals surface area (Å²) in [5.74, 6) is -0.611. The summed E-state index contributed by atoms with van der Waals surface area (Å²) in [5.41, 5.74) is 2.82. The molecule has 140 valence electrons. The van der Waals surface area contributed by atoms with Gasteiger partial charge in [-0.3, -0.25) is 4.79 Å². The van der Waals surface area contributed by atoms with E-state index in [1.807, 2.05) is 24.3 Å².